The molecule has 0 amide bonds. The zero-order valence-electron chi connectivity index (χ0n) is 11.4. The number of benzene rings is 1. The van der Waals surface area contributed by atoms with Gasteiger partial charge in [0.05, 0.1) is 6.61 Å². The molecule has 2 nitrogen and oxygen atoms in total. The van der Waals surface area contributed by atoms with Crippen LogP contribution in [0, 0.1) is 11.7 Å². The van der Waals surface area contributed by atoms with Crippen LogP contribution in [0.25, 0.3) is 0 Å². The van der Waals surface area contributed by atoms with E-state index in [4.69, 9.17) is 0 Å². The van der Waals surface area contributed by atoms with Crippen molar-refractivity contribution in [3.8, 4) is 0 Å². The Balaban J connectivity index is 1.85. The summed E-state index contributed by atoms with van der Waals surface area (Å²) in [5.74, 6) is 1.31. The molecule has 0 bridgehead atoms. The summed E-state index contributed by atoms with van der Waals surface area (Å²) in [6.07, 6.45) is 4.46. The lowest BCUT2D eigenvalue weighted by Gasteiger charge is -2.33. The third-order valence-electron chi connectivity index (χ3n) is 4.27. The lowest BCUT2D eigenvalue weighted by atomic mass is 9.86. The fourth-order valence-corrected chi connectivity index (χ4v) is 4.07. The Morgan fingerprint density at radius 1 is 1.53 bits per heavy atom. The van der Waals surface area contributed by atoms with Crippen LogP contribution in [0.2, 0.25) is 0 Å². The van der Waals surface area contributed by atoms with Crippen molar-refractivity contribution in [2.24, 2.45) is 5.92 Å². The van der Waals surface area contributed by atoms with Crippen LogP contribution in [-0.2, 0) is 0 Å². The summed E-state index contributed by atoms with van der Waals surface area (Å²) in [6.45, 7) is 0.207. The number of likely N-dealkylation sites (N-methyl/N-ethyl adjacent to an activating group) is 1. The van der Waals surface area contributed by atoms with E-state index in [1.807, 2.05) is 13.1 Å². The number of rotatable bonds is 6. The van der Waals surface area contributed by atoms with Crippen molar-refractivity contribution in [2.75, 3.05) is 19.4 Å². The predicted octanol–water partition coefficient (Wildman–Crippen LogP) is 3.06. The van der Waals surface area contributed by atoms with E-state index in [1.165, 1.54) is 18.9 Å². The summed E-state index contributed by atoms with van der Waals surface area (Å²) in [5.41, 5.74) is -0.0947. The number of nitrogens with one attached hydrogen (secondary N) is 1. The molecule has 0 heterocycles. The molecule has 0 radical (unpaired) electrons. The zero-order valence-corrected chi connectivity index (χ0v) is 12.2. The van der Waals surface area contributed by atoms with E-state index in [0.717, 1.165) is 23.5 Å². The van der Waals surface area contributed by atoms with Crippen LogP contribution in [0.5, 0.6) is 0 Å². The molecule has 1 fully saturated rings. The second-order valence-corrected chi connectivity index (χ2v) is 6.42. The molecule has 1 aromatic carbocycles. The van der Waals surface area contributed by atoms with Crippen molar-refractivity contribution in [3.05, 3.63) is 30.1 Å². The summed E-state index contributed by atoms with van der Waals surface area (Å²) in [4.78, 5) is 0.983. The van der Waals surface area contributed by atoms with Crippen molar-refractivity contribution < 1.29 is 9.50 Å². The van der Waals surface area contributed by atoms with Gasteiger partial charge in [-0.1, -0.05) is 12.5 Å². The number of hydrogen-bond acceptors (Lipinski definition) is 3. The first-order valence-corrected chi connectivity index (χ1v) is 7.87. The SMILES string of the molecule is CNC1(CO)CCCC1CCSc1cccc(F)c1. The van der Waals surface area contributed by atoms with E-state index in [2.05, 4.69) is 5.32 Å². The molecular formula is C15H22FNOS. The molecule has 2 N–H and O–H groups in total. The van der Waals surface area contributed by atoms with Crippen LogP contribution in [0.4, 0.5) is 4.39 Å². The lowest BCUT2D eigenvalue weighted by Crippen LogP contribution is -2.49. The molecule has 1 aliphatic carbocycles. The number of thioether (sulfide) groups is 1. The molecule has 2 unspecified atom stereocenters. The van der Waals surface area contributed by atoms with Crippen LogP contribution in [0.3, 0.4) is 0 Å². The van der Waals surface area contributed by atoms with Crippen LogP contribution in [0.1, 0.15) is 25.7 Å². The van der Waals surface area contributed by atoms with Gasteiger partial charge < -0.3 is 10.4 Å². The predicted molar refractivity (Wildman–Crippen MR) is 78.0 cm³/mol. The van der Waals surface area contributed by atoms with Gasteiger partial charge in [0.15, 0.2) is 0 Å². The second-order valence-electron chi connectivity index (χ2n) is 5.25. The number of aliphatic hydroxyl groups is 1. The summed E-state index contributed by atoms with van der Waals surface area (Å²) in [5, 5.41) is 12.9. The normalized spacial score (nSPS) is 26.8. The summed E-state index contributed by atoms with van der Waals surface area (Å²) >= 11 is 1.69. The first-order chi connectivity index (χ1) is 9.20. The minimum atomic E-state index is -0.175. The molecule has 1 aromatic rings. The quantitative estimate of drug-likeness (QED) is 0.787. The zero-order chi connectivity index (χ0) is 13.7. The van der Waals surface area contributed by atoms with Crippen molar-refractivity contribution >= 4 is 11.8 Å². The smallest absolute Gasteiger partial charge is 0.124 e. The van der Waals surface area contributed by atoms with E-state index in [9.17, 15) is 9.50 Å². The monoisotopic (exact) mass is 283 g/mol. The van der Waals surface area contributed by atoms with Gasteiger partial charge in [-0.15, -0.1) is 11.8 Å². The van der Waals surface area contributed by atoms with Crippen molar-refractivity contribution in [3.63, 3.8) is 0 Å². The van der Waals surface area contributed by atoms with Crippen LogP contribution >= 0.6 is 11.8 Å². The average molecular weight is 283 g/mol. The molecule has 2 atom stereocenters. The van der Waals surface area contributed by atoms with Gasteiger partial charge >= 0.3 is 0 Å². The van der Waals surface area contributed by atoms with Gasteiger partial charge in [-0.3, -0.25) is 0 Å². The maximum Gasteiger partial charge on any atom is 0.124 e. The lowest BCUT2D eigenvalue weighted by molar-refractivity contribution is 0.130. The van der Waals surface area contributed by atoms with Gasteiger partial charge in [0.1, 0.15) is 5.82 Å². The highest BCUT2D eigenvalue weighted by Gasteiger charge is 2.40. The van der Waals surface area contributed by atoms with Gasteiger partial charge in [0.25, 0.3) is 0 Å². The maximum absolute atomic E-state index is 13.1. The van der Waals surface area contributed by atoms with E-state index < -0.39 is 0 Å². The molecule has 4 heteroatoms. The highest BCUT2D eigenvalue weighted by atomic mass is 32.2. The average Bonchev–Trinajstić information content (AvgIpc) is 2.82. The molecule has 2 rings (SSSR count). The van der Waals surface area contributed by atoms with E-state index in [0.29, 0.717) is 5.92 Å². The Kier molecular flexibility index (Phi) is 5.25. The Hall–Kier alpha value is -0.580. The topological polar surface area (TPSA) is 32.3 Å². The van der Waals surface area contributed by atoms with Gasteiger partial charge in [-0.2, -0.15) is 0 Å². The molecule has 1 aliphatic rings. The first-order valence-electron chi connectivity index (χ1n) is 6.88. The Labute approximate surface area is 118 Å². The van der Waals surface area contributed by atoms with E-state index in [1.54, 1.807) is 23.9 Å². The second kappa shape index (κ2) is 6.73. The largest absolute Gasteiger partial charge is 0.394 e. The van der Waals surface area contributed by atoms with Gasteiger partial charge in [-0.05, 0) is 56.2 Å². The van der Waals surface area contributed by atoms with Crippen LogP contribution < -0.4 is 5.32 Å². The molecule has 0 aliphatic heterocycles. The third kappa shape index (κ3) is 3.50. The minimum Gasteiger partial charge on any atom is -0.394 e. The van der Waals surface area contributed by atoms with E-state index in [-0.39, 0.29) is 18.0 Å². The van der Waals surface area contributed by atoms with E-state index >= 15 is 0 Å². The molecule has 0 aromatic heterocycles. The highest BCUT2D eigenvalue weighted by molar-refractivity contribution is 7.99. The molecule has 19 heavy (non-hydrogen) atoms. The molecule has 106 valence electrons. The Morgan fingerprint density at radius 3 is 3.05 bits per heavy atom. The van der Waals surface area contributed by atoms with Crippen LogP contribution in [0.15, 0.2) is 29.2 Å². The summed E-state index contributed by atoms with van der Waals surface area (Å²) in [6, 6.07) is 6.74. The number of hydrogen-bond donors (Lipinski definition) is 2. The Bertz CT molecular complexity index is 409. The molecule has 0 saturated heterocycles. The number of halogens is 1. The van der Waals surface area contributed by atoms with Gasteiger partial charge in [0, 0.05) is 10.4 Å². The van der Waals surface area contributed by atoms with Crippen LogP contribution in [-0.4, -0.2) is 30.1 Å². The fraction of sp³-hybridized carbons (Fsp3) is 0.600. The third-order valence-corrected chi connectivity index (χ3v) is 5.30. The highest BCUT2D eigenvalue weighted by Crippen LogP contribution is 2.38. The Morgan fingerprint density at radius 2 is 2.37 bits per heavy atom. The molecular weight excluding hydrogens is 261 g/mol. The minimum absolute atomic E-state index is 0.0947. The molecule has 1 saturated carbocycles. The van der Waals surface area contributed by atoms with Gasteiger partial charge in [0.2, 0.25) is 0 Å². The standard InChI is InChI=1S/C15H22FNOS/c1-17-15(11-18)8-3-4-12(15)7-9-19-14-6-2-5-13(16)10-14/h2,5-6,10,12,17-18H,3-4,7-9,11H2,1H3. The molecule has 0 spiro atoms. The fourth-order valence-electron chi connectivity index (χ4n) is 3.06. The summed E-state index contributed by atoms with van der Waals surface area (Å²) in [7, 11) is 1.94. The van der Waals surface area contributed by atoms with Crippen molar-refractivity contribution in [1.29, 1.82) is 0 Å². The first kappa shape index (κ1) is 14.8. The van der Waals surface area contributed by atoms with Gasteiger partial charge in [-0.25, -0.2) is 4.39 Å². The summed E-state index contributed by atoms with van der Waals surface area (Å²) < 4.78 is 13.1. The maximum atomic E-state index is 13.1. The van der Waals surface area contributed by atoms with Crippen molar-refractivity contribution in [2.45, 2.75) is 36.1 Å². The number of aliphatic hydroxyl groups excluding tert-OH is 1. The van der Waals surface area contributed by atoms with Crippen molar-refractivity contribution in [1.82, 2.24) is 5.32 Å².